The highest BCUT2D eigenvalue weighted by molar-refractivity contribution is 5.79. The van der Waals surface area contributed by atoms with Gasteiger partial charge >= 0.3 is 0 Å². The Morgan fingerprint density at radius 1 is 1.44 bits per heavy atom. The smallest absolute Gasteiger partial charge is 0.227 e. The Morgan fingerprint density at radius 3 is 2.69 bits per heavy atom. The quantitative estimate of drug-likeness (QED) is 0.709. The van der Waals surface area contributed by atoms with Crippen LogP contribution in [0.4, 0.5) is 5.69 Å². The maximum atomic E-state index is 11.8. The molecule has 4 heteroatoms. The number of carbonyl (C=O) groups excluding carboxylic acids is 1. The first-order chi connectivity index (χ1) is 7.65. The third-order valence-electron chi connectivity index (χ3n) is 2.85. The predicted molar refractivity (Wildman–Crippen MR) is 61.8 cm³/mol. The van der Waals surface area contributed by atoms with E-state index in [9.17, 15) is 9.90 Å². The predicted octanol–water partition coefficient (Wildman–Crippen LogP) is 0.404. The highest BCUT2D eigenvalue weighted by Crippen LogP contribution is 2.12. The maximum absolute atomic E-state index is 11.8. The van der Waals surface area contributed by atoms with Gasteiger partial charge < -0.3 is 15.7 Å². The Kier molecular flexibility index (Phi) is 3.10. The molecule has 0 bridgehead atoms. The molecule has 0 spiro atoms. The van der Waals surface area contributed by atoms with Crippen LogP contribution in [0.5, 0.6) is 0 Å². The standard InChI is InChI=1S/C12H16N2O2/c13-10-3-1-9(2-4-10)7-12(16)14-6-5-11(15)8-14/h1-4,11,15H,5-8,13H2/t11-/m0/s1. The van der Waals surface area contributed by atoms with Crippen LogP contribution in [0.15, 0.2) is 24.3 Å². The SMILES string of the molecule is Nc1ccc(CC(=O)N2CC[C@H](O)C2)cc1. The highest BCUT2D eigenvalue weighted by Gasteiger charge is 2.24. The number of hydrogen-bond acceptors (Lipinski definition) is 3. The minimum atomic E-state index is -0.352. The largest absolute Gasteiger partial charge is 0.399 e. The summed E-state index contributed by atoms with van der Waals surface area (Å²) in [6.45, 7) is 1.13. The first kappa shape index (κ1) is 11.0. The minimum Gasteiger partial charge on any atom is -0.399 e. The number of nitrogens with two attached hydrogens (primary N) is 1. The lowest BCUT2D eigenvalue weighted by atomic mass is 10.1. The monoisotopic (exact) mass is 220 g/mol. The molecule has 0 aromatic heterocycles. The van der Waals surface area contributed by atoms with Crippen molar-refractivity contribution in [2.75, 3.05) is 18.8 Å². The van der Waals surface area contributed by atoms with E-state index < -0.39 is 0 Å². The van der Waals surface area contributed by atoms with Crippen LogP contribution in [0.3, 0.4) is 0 Å². The molecule has 1 aliphatic rings. The number of β-amino-alcohol motifs (C(OH)–C–C–N with tert-alkyl or cyclic N) is 1. The molecule has 1 saturated heterocycles. The molecule has 1 aromatic carbocycles. The van der Waals surface area contributed by atoms with Crippen LogP contribution >= 0.6 is 0 Å². The first-order valence-electron chi connectivity index (χ1n) is 5.45. The van der Waals surface area contributed by atoms with E-state index in [0.717, 1.165) is 5.56 Å². The number of nitrogens with zero attached hydrogens (tertiary/aromatic N) is 1. The molecule has 0 saturated carbocycles. The van der Waals surface area contributed by atoms with Gasteiger partial charge in [0.25, 0.3) is 0 Å². The van der Waals surface area contributed by atoms with Crippen LogP contribution in [0.1, 0.15) is 12.0 Å². The van der Waals surface area contributed by atoms with Gasteiger partial charge in [0, 0.05) is 18.8 Å². The Labute approximate surface area is 94.7 Å². The van der Waals surface area contributed by atoms with Crippen LogP contribution < -0.4 is 5.73 Å². The number of hydrogen-bond donors (Lipinski definition) is 2. The normalized spacial score (nSPS) is 20.1. The van der Waals surface area contributed by atoms with E-state index in [1.807, 2.05) is 12.1 Å². The summed E-state index contributed by atoms with van der Waals surface area (Å²) in [5.41, 5.74) is 7.23. The maximum Gasteiger partial charge on any atom is 0.227 e. The highest BCUT2D eigenvalue weighted by atomic mass is 16.3. The van der Waals surface area contributed by atoms with E-state index in [1.165, 1.54) is 0 Å². The van der Waals surface area contributed by atoms with Gasteiger partial charge in [-0.25, -0.2) is 0 Å². The molecule has 0 aliphatic carbocycles. The average molecular weight is 220 g/mol. The van der Waals surface area contributed by atoms with Crippen molar-refractivity contribution in [1.82, 2.24) is 4.90 Å². The number of rotatable bonds is 2. The Balaban J connectivity index is 1.94. The molecule has 2 rings (SSSR count). The minimum absolute atomic E-state index is 0.0707. The molecule has 86 valence electrons. The lowest BCUT2D eigenvalue weighted by Crippen LogP contribution is -2.30. The summed E-state index contributed by atoms with van der Waals surface area (Å²) < 4.78 is 0. The number of aliphatic hydroxyl groups is 1. The van der Waals surface area contributed by atoms with E-state index in [0.29, 0.717) is 31.6 Å². The van der Waals surface area contributed by atoms with Gasteiger partial charge in [-0.3, -0.25) is 4.79 Å². The second-order valence-corrected chi connectivity index (χ2v) is 4.20. The van der Waals surface area contributed by atoms with E-state index in [1.54, 1.807) is 17.0 Å². The summed E-state index contributed by atoms with van der Waals surface area (Å²) >= 11 is 0. The van der Waals surface area contributed by atoms with Gasteiger partial charge in [-0.15, -0.1) is 0 Å². The Hall–Kier alpha value is -1.55. The fraction of sp³-hybridized carbons (Fsp3) is 0.417. The number of aliphatic hydroxyl groups excluding tert-OH is 1. The van der Waals surface area contributed by atoms with Gasteiger partial charge in [0.15, 0.2) is 0 Å². The molecule has 0 unspecified atom stereocenters. The molecule has 4 nitrogen and oxygen atoms in total. The van der Waals surface area contributed by atoms with Gasteiger partial charge in [-0.2, -0.15) is 0 Å². The number of amides is 1. The van der Waals surface area contributed by atoms with Gasteiger partial charge in [-0.05, 0) is 24.1 Å². The summed E-state index contributed by atoms with van der Waals surface area (Å²) in [4.78, 5) is 13.5. The molecular formula is C12H16N2O2. The molecule has 0 radical (unpaired) electrons. The van der Waals surface area contributed by atoms with Crippen LogP contribution in [-0.2, 0) is 11.2 Å². The van der Waals surface area contributed by atoms with Crippen LogP contribution in [0.2, 0.25) is 0 Å². The first-order valence-corrected chi connectivity index (χ1v) is 5.45. The second-order valence-electron chi connectivity index (χ2n) is 4.20. The van der Waals surface area contributed by atoms with Crippen LogP contribution in [-0.4, -0.2) is 35.1 Å². The molecule has 1 amide bonds. The molecule has 1 aromatic rings. The topological polar surface area (TPSA) is 66.6 Å². The summed E-state index contributed by atoms with van der Waals surface area (Å²) in [6, 6.07) is 7.31. The summed E-state index contributed by atoms with van der Waals surface area (Å²) in [7, 11) is 0. The van der Waals surface area contributed by atoms with Crippen molar-refractivity contribution in [3.8, 4) is 0 Å². The Morgan fingerprint density at radius 2 is 2.12 bits per heavy atom. The lowest BCUT2D eigenvalue weighted by Gasteiger charge is -2.15. The van der Waals surface area contributed by atoms with E-state index >= 15 is 0 Å². The van der Waals surface area contributed by atoms with Crippen molar-refractivity contribution in [1.29, 1.82) is 0 Å². The van der Waals surface area contributed by atoms with Crippen LogP contribution in [0.25, 0.3) is 0 Å². The molecule has 16 heavy (non-hydrogen) atoms. The zero-order valence-electron chi connectivity index (χ0n) is 9.10. The molecule has 3 N–H and O–H groups in total. The van der Waals surface area contributed by atoms with Gasteiger partial charge in [-0.1, -0.05) is 12.1 Å². The van der Waals surface area contributed by atoms with E-state index in [4.69, 9.17) is 5.73 Å². The van der Waals surface area contributed by atoms with Gasteiger partial charge in [0.1, 0.15) is 0 Å². The number of anilines is 1. The van der Waals surface area contributed by atoms with Crippen molar-refractivity contribution < 1.29 is 9.90 Å². The fourth-order valence-corrected chi connectivity index (χ4v) is 1.89. The third kappa shape index (κ3) is 2.52. The third-order valence-corrected chi connectivity index (χ3v) is 2.85. The zero-order valence-corrected chi connectivity index (χ0v) is 9.10. The van der Waals surface area contributed by atoms with Gasteiger partial charge in [0.05, 0.1) is 12.5 Å². The van der Waals surface area contributed by atoms with Gasteiger partial charge in [0.2, 0.25) is 5.91 Å². The zero-order chi connectivity index (χ0) is 11.5. The Bertz CT molecular complexity index is 375. The molecular weight excluding hydrogens is 204 g/mol. The number of carbonyl (C=O) groups is 1. The van der Waals surface area contributed by atoms with Crippen molar-refractivity contribution >= 4 is 11.6 Å². The summed E-state index contributed by atoms with van der Waals surface area (Å²) in [5, 5.41) is 9.34. The lowest BCUT2D eigenvalue weighted by molar-refractivity contribution is -0.129. The molecule has 1 aliphatic heterocycles. The number of benzene rings is 1. The number of nitrogen functional groups attached to an aromatic ring is 1. The second kappa shape index (κ2) is 4.53. The summed E-state index contributed by atoms with van der Waals surface area (Å²) in [5.74, 6) is 0.0707. The molecule has 1 fully saturated rings. The van der Waals surface area contributed by atoms with E-state index in [-0.39, 0.29) is 12.0 Å². The van der Waals surface area contributed by atoms with Crippen molar-refractivity contribution in [3.63, 3.8) is 0 Å². The van der Waals surface area contributed by atoms with Crippen molar-refractivity contribution in [2.45, 2.75) is 18.9 Å². The molecule has 1 atom stereocenters. The van der Waals surface area contributed by atoms with Crippen molar-refractivity contribution in [2.24, 2.45) is 0 Å². The summed E-state index contributed by atoms with van der Waals surface area (Å²) in [6.07, 6.45) is 0.718. The fourth-order valence-electron chi connectivity index (χ4n) is 1.89. The van der Waals surface area contributed by atoms with Crippen LogP contribution in [0, 0.1) is 0 Å². The van der Waals surface area contributed by atoms with E-state index in [2.05, 4.69) is 0 Å². The van der Waals surface area contributed by atoms with Crippen molar-refractivity contribution in [3.05, 3.63) is 29.8 Å². The number of likely N-dealkylation sites (tertiary alicyclic amines) is 1. The average Bonchev–Trinajstić information content (AvgIpc) is 2.68. The molecule has 1 heterocycles.